The largest absolute Gasteiger partial charge is 0.481 e. The van der Waals surface area contributed by atoms with Crippen LogP contribution in [-0.4, -0.2) is 35.6 Å². The Balaban J connectivity index is 0.00000169. The van der Waals surface area contributed by atoms with Crippen LogP contribution in [0.2, 0.25) is 0 Å². The lowest BCUT2D eigenvalue weighted by Gasteiger charge is -2.26. The van der Waals surface area contributed by atoms with Crippen molar-refractivity contribution in [3.05, 3.63) is 0 Å². The van der Waals surface area contributed by atoms with E-state index in [0.29, 0.717) is 6.42 Å². The molecule has 0 aromatic heterocycles. The highest BCUT2D eigenvalue weighted by Gasteiger charge is 2.08. The van der Waals surface area contributed by atoms with Crippen molar-refractivity contribution in [2.45, 2.75) is 38.5 Å². The van der Waals surface area contributed by atoms with Gasteiger partial charge in [0.15, 0.2) is 0 Å². The van der Waals surface area contributed by atoms with Crippen LogP contribution in [0.25, 0.3) is 0 Å². The van der Waals surface area contributed by atoms with Crippen LogP contribution in [0.5, 0.6) is 0 Å². The van der Waals surface area contributed by atoms with E-state index in [1.165, 1.54) is 32.4 Å². The molecule has 1 N–H and O–H groups in total. The van der Waals surface area contributed by atoms with Crippen LogP contribution in [-0.2, 0) is 4.79 Å². The highest BCUT2D eigenvalue weighted by molar-refractivity contribution is 5.85. The molecule has 1 saturated heterocycles. The molecule has 84 valence electrons. The van der Waals surface area contributed by atoms with Crippen molar-refractivity contribution in [3.8, 4) is 0 Å². The lowest BCUT2D eigenvalue weighted by Crippen LogP contribution is -2.30. The van der Waals surface area contributed by atoms with Crippen LogP contribution in [0.3, 0.4) is 0 Å². The fraction of sp³-hybridized carbons (Fsp3) is 0.900. The first-order valence-electron chi connectivity index (χ1n) is 5.23. The van der Waals surface area contributed by atoms with Crippen molar-refractivity contribution in [2.24, 2.45) is 0 Å². The molecular formula is C10H20ClNO2. The highest BCUT2D eigenvalue weighted by Crippen LogP contribution is 2.09. The average molecular weight is 222 g/mol. The van der Waals surface area contributed by atoms with Crippen molar-refractivity contribution in [3.63, 3.8) is 0 Å². The lowest BCUT2D eigenvalue weighted by molar-refractivity contribution is -0.137. The summed E-state index contributed by atoms with van der Waals surface area (Å²) in [7, 11) is 0. The molecule has 0 aliphatic carbocycles. The Labute approximate surface area is 91.9 Å². The first-order chi connectivity index (χ1) is 6.29. The van der Waals surface area contributed by atoms with Gasteiger partial charge in [0, 0.05) is 6.42 Å². The molecule has 0 saturated carbocycles. The number of hydrogen-bond donors (Lipinski definition) is 1. The molecular weight excluding hydrogens is 202 g/mol. The van der Waals surface area contributed by atoms with Gasteiger partial charge in [0.2, 0.25) is 0 Å². The fourth-order valence-corrected chi connectivity index (χ4v) is 1.79. The molecule has 1 aliphatic rings. The van der Waals surface area contributed by atoms with E-state index < -0.39 is 5.97 Å². The predicted molar refractivity (Wildman–Crippen MR) is 59.0 cm³/mol. The Kier molecular flexibility index (Phi) is 7.90. The maximum Gasteiger partial charge on any atom is 0.303 e. The molecule has 0 bridgehead atoms. The second-order valence-corrected chi connectivity index (χ2v) is 3.75. The van der Waals surface area contributed by atoms with Gasteiger partial charge in [-0.3, -0.25) is 4.79 Å². The Morgan fingerprint density at radius 2 is 1.79 bits per heavy atom. The number of unbranched alkanes of at least 4 members (excludes halogenated alkanes) is 1. The van der Waals surface area contributed by atoms with Gasteiger partial charge in [-0.2, -0.15) is 0 Å². The Morgan fingerprint density at radius 3 is 2.36 bits per heavy atom. The van der Waals surface area contributed by atoms with Gasteiger partial charge in [-0.05, 0) is 45.3 Å². The van der Waals surface area contributed by atoms with E-state index in [1.807, 2.05) is 0 Å². The third-order valence-electron chi connectivity index (χ3n) is 2.56. The lowest BCUT2D eigenvalue weighted by atomic mass is 10.1. The Bertz CT molecular complexity index is 158. The molecule has 0 aromatic carbocycles. The number of carboxylic acids is 1. The third-order valence-corrected chi connectivity index (χ3v) is 2.56. The molecule has 1 aliphatic heterocycles. The molecule has 0 atom stereocenters. The minimum Gasteiger partial charge on any atom is -0.481 e. The second-order valence-electron chi connectivity index (χ2n) is 3.75. The molecule has 1 fully saturated rings. The molecule has 3 nitrogen and oxygen atoms in total. The zero-order valence-electron chi connectivity index (χ0n) is 8.57. The maximum absolute atomic E-state index is 10.2. The van der Waals surface area contributed by atoms with Crippen molar-refractivity contribution >= 4 is 18.4 Å². The summed E-state index contributed by atoms with van der Waals surface area (Å²) < 4.78 is 0. The van der Waals surface area contributed by atoms with Gasteiger partial charge in [-0.1, -0.05) is 6.42 Å². The average Bonchev–Trinajstić information content (AvgIpc) is 2.14. The minimum absolute atomic E-state index is 0. The first kappa shape index (κ1) is 13.7. The molecule has 0 spiro atoms. The number of rotatable bonds is 5. The summed E-state index contributed by atoms with van der Waals surface area (Å²) in [5.41, 5.74) is 0. The number of likely N-dealkylation sites (tertiary alicyclic amines) is 1. The number of carbonyl (C=O) groups is 1. The standard InChI is InChI=1S/C10H19NO2.ClH/c12-10(13)6-2-5-9-11-7-3-1-4-8-11;/h1-9H2,(H,12,13);1H. The summed E-state index contributed by atoms with van der Waals surface area (Å²) in [6, 6.07) is 0. The van der Waals surface area contributed by atoms with Gasteiger partial charge in [-0.15, -0.1) is 12.4 Å². The van der Waals surface area contributed by atoms with Crippen molar-refractivity contribution < 1.29 is 9.90 Å². The summed E-state index contributed by atoms with van der Waals surface area (Å²) in [5, 5.41) is 8.44. The number of nitrogens with zero attached hydrogens (tertiary/aromatic N) is 1. The van der Waals surface area contributed by atoms with Gasteiger partial charge >= 0.3 is 5.97 Å². The minimum atomic E-state index is -0.668. The Hall–Kier alpha value is -0.280. The first-order valence-corrected chi connectivity index (χ1v) is 5.23. The SMILES string of the molecule is Cl.O=C(O)CCCCN1CCCCC1. The fourth-order valence-electron chi connectivity index (χ4n) is 1.79. The van der Waals surface area contributed by atoms with Crippen molar-refractivity contribution in [2.75, 3.05) is 19.6 Å². The summed E-state index contributed by atoms with van der Waals surface area (Å²) in [6.07, 6.45) is 6.19. The normalized spacial score (nSPS) is 17.4. The van der Waals surface area contributed by atoms with Crippen LogP contribution >= 0.6 is 12.4 Å². The predicted octanol–water partition coefficient (Wildman–Crippen LogP) is 2.15. The van der Waals surface area contributed by atoms with Crippen LogP contribution < -0.4 is 0 Å². The van der Waals surface area contributed by atoms with Crippen LogP contribution in [0.1, 0.15) is 38.5 Å². The topological polar surface area (TPSA) is 40.5 Å². The second kappa shape index (κ2) is 8.06. The number of halogens is 1. The van der Waals surface area contributed by atoms with Crippen LogP contribution in [0, 0.1) is 0 Å². The van der Waals surface area contributed by atoms with E-state index in [2.05, 4.69) is 4.90 Å². The van der Waals surface area contributed by atoms with Crippen molar-refractivity contribution in [1.29, 1.82) is 0 Å². The molecule has 0 amide bonds. The maximum atomic E-state index is 10.2. The van der Waals surface area contributed by atoms with Crippen molar-refractivity contribution in [1.82, 2.24) is 4.90 Å². The van der Waals surface area contributed by atoms with E-state index in [4.69, 9.17) is 5.11 Å². The van der Waals surface area contributed by atoms with E-state index >= 15 is 0 Å². The summed E-state index contributed by atoms with van der Waals surface area (Å²) in [5.74, 6) is -0.668. The molecule has 14 heavy (non-hydrogen) atoms. The van der Waals surface area contributed by atoms with Gasteiger partial charge in [0.1, 0.15) is 0 Å². The zero-order valence-corrected chi connectivity index (χ0v) is 9.39. The molecule has 0 radical (unpaired) electrons. The number of piperidine rings is 1. The summed E-state index contributed by atoms with van der Waals surface area (Å²) in [4.78, 5) is 12.7. The molecule has 1 rings (SSSR count). The molecule has 0 aromatic rings. The zero-order chi connectivity index (χ0) is 9.52. The third kappa shape index (κ3) is 6.22. The number of hydrogen-bond acceptors (Lipinski definition) is 2. The van der Waals surface area contributed by atoms with E-state index in [1.54, 1.807) is 0 Å². The smallest absolute Gasteiger partial charge is 0.303 e. The molecule has 0 unspecified atom stereocenters. The van der Waals surface area contributed by atoms with Crippen LogP contribution in [0.4, 0.5) is 0 Å². The van der Waals surface area contributed by atoms with E-state index in [9.17, 15) is 4.79 Å². The number of carboxylic acid groups (broad SMARTS) is 1. The molecule has 1 heterocycles. The van der Waals surface area contributed by atoms with Crippen LogP contribution in [0.15, 0.2) is 0 Å². The highest BCUT2D eigenvalue weighted by atomic mass is 35.5. The van der Waals surface area contributed by atoms with E-state index in [-0.39, 0.29) is 12.4 Å². The quantitative estimate of drug-likeness (QED) is 0.724. The summed E-state index contributed by atoms with van der Waals surface area (Å²) in [6.45, 7) is 3.52. The summed E-state index contributed by atoms with van der Waals surface area (Å²) >= 11 is 0. The number of aliphatic carboxylic acids is 1. The molecule has 4 heteroatoms. The van der Waals surface area contributed by atoms with Gasteiger partial charge in [0.05, 0.1) is 0 Å². The monoisotopic (exact) mass is 221 g/mol. The Morgan fingerprint density at radius 1 is 1.14 bits per heavy atom. The van der Waals surface area contributed by atoms with Gasteiger partial charge in [0.25, 0.3) is 0 Å². The van der Waals surface area contributed by atoms with E-state index in [0.717, 1.165) is 19.4 Å². The van der Waals surface area contributed by atoms with Gasteiger partial charge in [-0.25, -0.2) is 0 Å². The van der Waals surface area contributed by atoms with Gasteiger partial charge < -0.3 is 10.0 Å².